The van der Waals surface area contributed by atoms with Crippen LogP contribution < -0.4 is 15.4 Å². The van der Waals surface area contributed by atoms with E-state index < -0.39 is 0 Å². The number of aromatic nitrogens is 1. The molecule has 4 nitrogen and oxygen atoms in total. The summed E-state index contributed by atoms with van der Waals surface area (Å²) in [7, 11) is 1.63. The van der Waals surface area contributed by atoms with Crippen LogP contribution in [0.25, 0.3) is 0 Å². The van der Waals surface area contributed by atoms with Crippen molar-refractivity contribution in [2.24, 2.45) is 11.8 Å². The lowest BCUT2D eigenvalue weighted by molar-refractivity contribution is 0.398. The van der Waals surface area contributed by atoms with Crippen LogP contribution in [-0.4, -0.2) is 25.2 Å². The first kappa shape index (κ1) is 11.0. The van der Waals surface area contributed by atoms with Gasteiger partial charge in [-0.15, -0.1) is 0 Å². The largest absolute Gasteiger partial charge is 0.481 e. The summed E-state index contributed by atoms with van der Waals surface area (Å²) >= 11 is 0. The monoisotopic (exact) mass is 221 g/mol. The standard InChI is InChI=1S/C12H19N3O/c1-8(2)9-6-13-10-4-5-11(16-3)15-12(10)14-7-9/h4-5,8-9,13H,6-7H2,1-3H3,(H,14,15). The smallest absolute Gasteiger partial charge is 0.215 e. The first-order valence-corrected chi connectivity index (χ1v) is 5.73. The zero-order valence-corrected chi connectivity index (χ0v) is 10.1. The van der Waals surface area contributed by atoms with Crippen molar-refractivity contribution < 1.29 is 4.74 Å². The van der Waals surface area contributed by atoms with Crippen LogP contribution in [0.15, 0.2) is 12.1 Å². The molecule has 0 bridgehead atoms. The number of fused-ring (bicyclic) bond motifs is 1. The molecule has 0 saturated heterocycles. The molecule has 88 valence electrons. The van der Waals surface area contributed by atoms with Gasteiger partial charge < -0.3 is 15.4 Å². The highest BCUT2D eigenvalue weighted by atomic mass is 16.5. The lowest BCUT2D eigenvalue weighted by Gasteiger charge is -2.18. The molecule has 0 fully saturated rings. The molecule has 1 aliphatic heterocycles. The summed E-state index contributed by atoms with van der Waals surface area (Å²) in [5, 5.41) is 6.80. The zero-order chi connectivity index (χ0) is 11.5. The first-order chi connectivity index (χ1) is 7.70. The van der Waals surface area contributed by atoms with Crippen LogP contribution in [0, 0.1) is 11.8 Å². The van der Waals surface area contributed by atoms with Gasteiger partial charge in [0.1, 0.15) is 0 Å². The molecular weight excluding hydrogens is 202 g/mol. The summed E-state index contributed by atoms with van der Waals surface area (Å²) in [5.74, 6) is 2.83. The van der Waals surface area contributed by atoms with Crippen LogP contribution in [0.4, 0.5) is 11.5 Å². The summed E-state index contributed by atoms with van der Waals surface area (Å²) in [5.41, 5.74) is 1.06. The fourth-order valence-corrected chi connectivity index (χ4v) is 1.84. The normalized spacial score (nSPS) is 19.4. The van der Waals surface area contributed by atoms with Crippen molar-refractivity contribution in [1.29, 1.82) is 0 Å². The number of pyridine rings is 1. The molecule has 1 atom stereocenters. The highest BCUT2D eigenvalue weighted by Gasteiger charge is 2.18. The Kier molecular flexibility index (Phi) is 3.17. The van der Waals surface area contributed by atoms with Crippen LogP contribution in [0.3, 0.4) is 0 Å². The van der Waals surface area contributed by atoms with Crippen molar-refractivity contribution in [2.75, 3.05) is 30.8 Å². The molecule has 0 aliphatic carbocycles. The van der Waals surface area contributed by atoms with E-state index in [9.17, 15) is 0 Å². The average molecular weight is 221 g/mol. The van der Waals surface area contributed by atoms with E-state index in [1.807, 2.05) is 12.1 Å². The summed E-state index contributed by atoms with van der Waals surface area (Å²) in [6, 6.07) is 3.89. The van der Waals surface area contributed by atoms with Gasteiger partial charge in [-0.25, -0.2) is 0 Å². The van der Waals surface area contributed by atoms with Crippen LogP contribution in [0.1, 0.15) is 13.8 Å². The predicted molar refractivity (Wildman–Crippen MR) is 66.1 cm³/mol. The van der Waals surface area contributed by atoms with Crippen molar-refractivity contribution in [3.05, 3.63) is 12.1 Å². The van der Waals surface area contributed by atoms with Crippen molar-refractivity contribution in [1.82, 2.24) is 4.98 Å². The van der Waals surface area contributed by atoms with Gasteiger partial charge in [-0.3, -0.25) is 0 Å². The Balaban J connectivity index is 2.17. The molecular formula is C12H19N3O. The van der Waals surface area contributed by atoms with Crippen molar-refractivity contribution in [3.63, 3.8) is 0 Å². The molecule has 0 aromatic carbocycles. The highest BCUT2D eigenvalue weighted by molar-refractivity contribution is 5.66. The molecule has 0 amide bonds. The van der Waals surface area contributed by atoms with Crippen molar-refractivity contribution >= 4 is 11.5 Å². The Labute approximate surface area is 96.4 Å². The van der Waals surface area contributed by atoms with Gasteiger partial charge in [0.2, 0.25) is 5.88 Å². The van der Waals surface area contributed by atoms with Gasteiger partial charge in [0.25, 0.3) is 0 Å². The Morgan fingerprint density at radius 3 is 2.75 bits per heavy atom. The van der Waals surface area contributed by atoms with Gasteiger partial charge in [0, 0.05) is 19.2 Å². The third-order valence-corrected chi connectivity index (χ3v) is 3.11. The van der Waals surface area contributed by atoms with Crippen LogP contribution in [0.2, 0.25) is 0 Å². The maximum atomic E-state index is 5.12. The van der Waals surface area contributed by atoms with Crippen LogP contribution in [-0.2, 0) is 0 Å². The molecule has 1 aliphatic rings. The van der Waals surface area contributed by atoms with E-state index in [2.05, 4.69) is 29.5 Å². The zero-order valence-electron chi connectivity index (χ0n) is 10.1. The summed E-state index contributed by atoms with van der Waals surface area (Å²) in [6.07, 6.45) is 0. The fraction of sp³-hybridized carbons (Fsp3) is 0.583. The van der Waals surface area contributed by atoms with E-state index >= 15 is 0 Å². The predicted octanol–water partition coefficient (Wildman–Crippen LogP) is 2.20. The van der Waals surface area contributed by atoms with Crippen LogP contribution >= 0.6 is 0 Å². The Bertz CT molecular complexity index is 365. The van der Waals surface area contributed by atoms with E-state index in [0.717, 1.165) is 24.6 Å². The summed E-state index contributed by atoms with van der Waals surface area (Å²) in [4.78, 5) is 4.39. The number of hydrogen-bond acceptors (Lipinski definition) is 4. The van der Waals surface area contributed by atoms with Crippen molar-refractivity contribution in [3.8, 4) is 5.88 Å². The van der Waals surface area contributed by atoms with Gasteiger partial charge in [-0.1, -0.05) is 13.8 Å². The fourth-order valence-electron chi connectivity index (χ4n) is 1.84. The minimum Gasteiger partial charge on any atom is -0.481 e. The maximum absolute atomic E-state index is 5.12. The first-order valence-electron chi connectivity index (χ1n) is 5.73. The molecule has 0 spiro atoms. The number of nitrogens with zero attached hydrogens (tertiary/aromatic N) is 1. The number of ether oxygens (including phenoxy) is 1. The highest BCUT2D eigenvalue weighted by Crippen LogP contribution is 2.27. The molecule has 1 aromatic rings. The third kappa shape index (κ3) is 2.21. The molecule has 16 heavy (non-hydrogen) atoms. The maximum Gasteiger partial charge on any atom is 0.215 e. The minimum atomic E-state index is 0.625. The Morgan fingerprint density at radius 2 is 2.06 bits per heavy atom. The summed E-state index contributed by atoms with van der Waals surface area (Å²) in [6.45, 7) is 6.44. The molecule has 1 unspecified atom stereocenters. The third-order valence-electron chi connectivity index (χ3n) is 3.11. The Hall–Kier alpha value is -1.45. The Morgan fingerprint density at radius 1 is 1.31 bits per heavy atom. The lowest BCUT2D eigenvalue weighted by Crippen LogP contribution is -2.23. The van der Waals surface area contributed by atoms with Crippen molar-refractivity contribution in [2.45, 2.75) is 13.8 Å². The molecule has 2 rings (SSSR count). The minimum absolute atomic E-state index is 0.625. The number of hydrogen-bond donors (Lipinski definition) is 2. The number of rotatable bonds is 2. The summed E-state index contributed by atoms with van der Waals surface area (Å²) < 4.78 is 5.12. The second-order valence-corrected chi connectivity index (χ2v) is 4.52. The molecule has 0 radical (unpaired) electrons. The van der Waals surface area contributed by atoms with E-state index in [0.29, 0.717) is 17.7 Å². The average Bonchev–Trinajstić information content (AvgIpc) is 2.50. The topological polar surface area (TPSA) is 46.2 Å². The molecule has 1 aromatic heterocycles. The number of nitrogens with one attached hydrogen (secondary N) is 2. The molecule has 2 heterocycles. The number of methoxy groups -OCH3 is 1. The SMILES string of the molecule is COc1ccc2c(n1)NCC(C(C)C)CN2. The quantitative estimate of drug-likeness (QED) is 0.803. The number of anilines is 2. The van der Waals surface area contributed by atoms with Gasteiger partial charge >= 0.3 is 0 Å². The molecule has 4 heteroatoms. The van der Waals surface area contributed by atoms with E-state index in [-0.39, 0.29) is 0 Å². The lowest BCUT2D eigenvalue weighted by atomic mass is 9.96. The van der Waals surface area contributed by atoms with Crippen LogP contribution in [0.5, 0.6) is 5.88 Å². The van der Waals surface area contributed by atoms with Gasteiger partial charge in [0.05, 0.1) is 12.8 Å². The second kappa shape index (κ2) is 4.60. The molecule has 2 N–H and O–H groups in total. The molecule has 0 saturated carbocycles. The van der Waals surface area contributed by atoms with Gasteiger partial charge in [0.15, 0.2) is 5.82 Å². The second-order valence-electron chi connectivity index (χ2n) is 4.52. The van der Waals surface area contributed by atoms with E-state index in [4.69, 9.17) is 4.74 Å². The van der Waals surface area contributed by atoms with E-state index in [1.54, 1.807) is 7.11 Å². The van der Waals surface area contributed by atoms with Gasteiger partial charge in [-0.05, 0) is 17.9 Å². The van der Waals surface area contributed by atoms with E-state index in [1.165, 1.54) is 0 Å². The van der Waals surface area contributed by atoms with Gasteiger partial charge in [-0.2, -0.15) is 4.98 Å².